The van der Waals surface area contributed by atoms with Crippen molar-refractivity contribution in [3.05, 3.63) is 27.9 Å². The Hall–Kier alpha value is -2.05. The van der Waals surface area contributed by atoms with Crippen molar-refractivity contribution in [2.24, 2.45) is 11.3 Å². The molecule has 6 rings (SSSR count). The predicted molar refractivity (Wildman–Crippen MR) is 168 cm³/mol. The fraction of sp³-hybridized carbons (Fsp3) is 0.633. The molecule has 1 N–H and O–H groups in total. The van der Waals surface area contributed by atoms with Crippen LogP contribution < -0.4 is 4.90 Å². The van der Waals surface area contributed by atoms with E-state index in [0.717, 1.165) is 77.2 Å². The summed E-state index contributed by atoms with van der Waals surface area (Å²) in [6, 6.07) is 4.93. The molecule has 222 valence electrons. The van der Waals surface area contributed by atoms with Crippen molar-refractivity contribution in [3.8, 4) is 11.5 Å². The van der Waals surface area contributed by atoms with Crippen molar-refractivity contribution >= 4 is 46.6 Å². The first-order valence-corrected chi connectivity index (χ1v) is 19.4. The van der Waals surface area contributed by atoms with Crippen LogP contribution in [0.15, 0.2) is 16.6 Å². The highest BCUT2D eigenvalue weighted by Gasteiger charge is 2.54. The van der Waals surface area contributed by atoms with Crippen molar-refractivity contribution in [1.29, 1.82) is 0 Å². The van der Waals surface area contributed by atoms with Crippen LogP contribution in [0.3, 0.4) is 0 Å². The molecule has 2 fully saturated rings. The average molecular weight is 644 g/mol. The fourth-order valence-corrected chi connectivity index (χ4v) is 7.72. The third kappa shape index (κ3) is 5.80. The molecule has 3 heterocycles. The number of carbonyl (C=O) groups excluding carboxylic acids is 1. The van der Waals surface area contributed by atoms with Crippen molar-refractivity contribution in [2.45, 2.75) is 71.6 Å². The maximum absolute atomic E-state index is 13.4. The van der Waals surface area contributed by atoms with E-state index in [4.69, 9.17) is 19.6 Å². The molecule has 0 unspecified atom stereocenters. The SMILES string of the molecule is C[C@@H](C(=O)N(C)c1cc2nc(-c3nn(COCC[Si](C)(C)C)c4c3C[C@@H]3C[C@]3(C)C4)[nH]c2cc1Br)N1CCOCC1. The Bertz CT molecular complexity index is 1460. The molecule has 41 heavy (non-hydrogen) atoms. The minimum atomic E-state index is -1.15. The second-order valence-corrected chi connectivity index (χ2v) is 20.2. The van der Waals surface area contributed by atoms with Crippen LogP contribution in [0, 0.1) is 11.3 Å². The number of fused-ring (bicyclic) bond motifs is 3. The largest absolute Gasteiger partial charge is 0.379 e. The summed E-state index contributed by atoms with van der Waals surface area (Å²) in [5.74, 6) is 1.55. The third-order valence-electron chi connectivity index (χ3n) is 9.35. The summed E-state index contributed by atoms with van der Waals surface area (Å²) in [6.45, 7) is 15.6. The second kappa shape index (κ2) is 10.9. The maximum Gasteiger partial charge on any atom is 0.243 e. The van der Waals surface area contributed by atoms with Crippen LogP contribution in [0.25, 0.3) is 22.6 Å². The number of rotatable bonds is 9. The Morgan fingerprint density at radius 3 is 2.80 bits per heavy atom. The highest BCUT2D eigenvalue weighted by Crippen LogP contribution is 2.60. The summed E-state index contributed by atoms with van der Waals surface area (Å²) in [6.07, 6.45) is 3.36. The highest BCUT2D eigenvalue weighted by molar-refractivity contribution is 9.10. The first-order chi connectivity index (χ1) is 19.4. The smallest absolute Gasteiger partial charge is 0.243 e. The van der Waals surface area contributed by atoms with Crippen molar-refractivity contribution < 1.29 is 14.3 Å². The molecule has 1 amide bonds. The zero-order valence-electron chi connectivity index (χ0n) is 25.2. The van der Waals surface area contributed by atoms with Gasteiger partial charge in [-0.15, -0.1) is 0 Å². The van der Waals surface area contributed by atoms with E-state index in [1.54, 1.807) is 4.90 Å². The minimum Gasteiger partial charge on any atom is -0.379 e. The summed E-state index contributed by atoms with van der Waals surface area (Å²) in [5, 5.41) is 5.08. The molecule has 3 aliphatic rings. The number of likely N-dealkylation sites (N-methyl/N-ethyl adjacent to an activating group) is 1. The number of hydrogen-bond acceptors (Lipinski definition) is 6. The topological polar surface area (TPSA) is 88.5 Å². The summed E-state index contributed by atoms with van der Waals surface area (Å²) in [7, 11) is 0.687. The summed E-state index contributed by atoms with van der Waals surface area (Å²) < 4.78 is 14.5. The molecule has 1 saturated heterocycles. The number of benzene rings is 1. The van der Waals surface area contributed by atoms with E-state index in [2.05, 4.69) is 57.1 Å². The van der Waals surface area contributed by atoms with Gasteiger partial charge in [0.2, 0.25) is 5.91 Å². The molecule has 3 aromatic rings. The van der Waals surface area contributed by atoms with Gasteiger partial charge < -0.3 is 19.4 Å². The number of amides is 1. The van der Waals surface area contributed by atoms with Crippen molar-refractivity contribution in [1.82, 2.24) is 24.6 Å². The van der Waals surface area contributed by atoms with Crippen LogP contribution >= 0.6 is 15.9 Å². The minimum absolute atomic E-state index is 0.0529. The summed E-state index contributed by atoms with van der Waals surface area (Å²) >= 11 is 3.72. The molecular formula is C30H43BrN6O3Si. The quantitative estimate of drug-likeness (QED) is 0.251. The van der Waals surface area contributed by atoms with Gasteiger partial charge in [0.05, 0.1) is 36.0 Å². The number of H-pyrrole nitrogens is 1. The number of imidazole rings is 1. The van der Waals surface area contributed by atoms with Gasteiger partial charge in [-0.05, 0) is 71.6 Å². The number of nitrogens with one attached hydrogen (secondary N) is 1. The lowest BCUT2D eigenvalue weighted by Gasteiger charge is -2.33. The molecule has 1 aromatic carbocycles. The molecule has 9 nitrogen and oxygen atoms in total. The molecule has 1 aliphatic heterocycles. The van der Waals surface area contributed by atoms with E-state index >= 15 is 0 Å². The zero-order valence-corrected chi connectivity index (χ0v) is 27.8. The lowest BCUT2D eigenvalue weighted by molar-refractivity contribution is -0.124. The Balaban J connectivity index is 1.27. The first-order valence-electron chi connectivity index (χ1n) is 14.9. The van der Waals surface area contributed by atoms with Crippen molar-refractivity contribution in [3.63, 3.8) is 0 Å². The number of carbonyl (C=O) groups is 1. The molecule has 11 heteroatoms. The number of ether oxygens (including phenoxy) is 2. The molecule has 0 bridgehead atoms. The molecule has 0 radical (unpaired) electrons. The number of morpholine rings is 1. The molecular weight excluding hydrogens is 600 g/mol. The van der Waals surface area contributed by atoms with Gasteiger partial charge in [-0.3, -0.25) is 9.69 Å². The van der Waals surface area contributed by atoms with E-state index in [-0.39, 0.29) is 11.9 Å². The zero-order chi connectivity index (χ0) is 29.1. The lowest BCUT2D eigenvalue weighted by Crippen LogP contribution is -2.50. The van der Waals surface area contributed by atoms with Gasteiger partial charge >= 0.3 is 0 Å². The molecule has 1 saturated carbocycles. The number of aromatic amines is 1. The van der Waals surface area contributed by atoms with Gasteiger partial charge in [0, 0.05) is 50.5 Å². The van der Waals surface area contributed by atoms with E-state index in [1.807, 2.05) is 26.1 Å². The Morgan fingerprint density at radius 2 is 2.07 bits per heavy atom. The van der Waals surface area contributed by atoms with Gasteiger partial charge in [-0.25, -0.2) is 9.67 Å². The van der Waals surface area contributed by atoms with Crippen LogP contribution in [0.2, 0.25) is 25.7 Å². The second-order valence-electron chi connectivity index (χ2n) is 13.7. The lowest BCUT2D eigenvalue weighted by atomic mass is 9.87. The number of aromatic nitrogens is 4. The molecule has 3 atom stereocenters. The van der Waals surface area contributed by atoms with Gasteiger partial charge in [0.15, 0.2) is 5.82 Å². The van der Waals surface area contributed by atoms with E-state index < -0.39 is 8.07 Å². The van der Waals surface area contributed by atoms with Crippen LogP contribution in [0.1, 0.15) is 31.5 Å². The molecule has 0 spiro atoms. The maximum atomic E-state index is 13.4. The average Bonchev–Trinajstić information content (AvgIpc) is 3.24. The Labute approximate surface area is 252 Å². The summed E-state index contributed by atoms with van der Waals surface area (Å²) in [4.78, 5) is 25.9. The van der Waals surface area contributed by atoms with E-state index in [1.165, 1.54) is 17.7 Å². The highest BCUT2D eigenvalue weighted by atomic mass is 79.9. The van der Waals surface area contributed by atoms with Crippen LogP contribution in [-0.2, 0) is 33.8 Å². The number of halogens is 1. The normalized spacial score (nSPS) is 23.3. The number of hydrogen-bond donors (Lipinski definition) is 1. The standard InChI is InChI=1S/C30H43BrN6O3Si/c1-19(36-7-9-39-10-8-36)29(38)35(3)25-15-24-23(14-22(25)31)32-28(33-24)27-21-13-20-16-30(20,2)17-26(21)37(34-27)18-40-11-12-41(4,5)6/h14-15,19-20H,7-13,16-18H2,1-6H3,(H,32,33)/t19-,20+,30+/m0/s1. The molecule has 2 aliphatic carbocycles. The predicted octanol–water partition coefficient (Wildman–Crippen LogP) is 5.31. The number of anilines is 1. The van der Waals surface area contributed by atoms with Crippen LogP contribution in [-0.4, -0.2) is 84.6 Å². The van der Waals surface area contributed by atoms with Crippen LogP contribution in [0.5, 0.6) is 0 Å². The Kier molecular flexibility index (Phi) is 7.72. The molecule has 2 aromatic heterocycles. The van der Waals surface area contributed by atoms with Crippen molar-refractivity contribution in [2.75, 3.05) is 44.9 Å². The summed E-state index contributed by atoms with van der Waals surface area (Å²) in [5.41, 5.74) is 6.47. The third-order valence-corrected chi connectivity index (χ3v) is 11.7. The fourth-order valence-electron chi connectivity index (χ4n) is 6.35. The van der Waals surface area contributed by atoms with E-state index in [9.17, 15) is 4.79 Å². The first kappa shape index (κ1) is 29.0. The number of nitrogens with zero attached hydrogens (tertiary/aromatic N) is 5. The van der Waals surface area contributed by atoms with Gasteiger partial charge in [-0.2, -0.15) is 5.10 Å². The van der Waals surface area contributed by atoms with Crippen LogP contribution in [0.4, 0.5) is 5.69 Å². The monoisotopic (exact) mass is 642 g/mol. The van der Waals surface area contributed by atoms with Gasteiger partial charge in [-0.1, -0.05) is 26.6 Å². The van der Waals surface area contributed by atoms with Gasteiger partial charge in [0.25, 0.3) is 0 Å². The Morgan fingerprint density at radius 1 is 1.32 bits per heavy atom. The van der Waals surface area contributed by atoms with Gasteiger partial charge in [0.1, 0.15) is 12.4 Å². The van der Waals surface area contributed by atoms with E-state index in [0.29, 0.717) is 25.4 Å².